The lowest BCUT2D eigenvalue weighted by Gasteiger charge is -2.32. The molecule has 6 heteroatoms. The highest BCUT2D eigenvalue weighted by Crippen LogP contribution is 2.18. The number of benzene rings is 1. The van der Waals surface area contributed by atoms with Crippen LogP contribution in [0.1, 0.15) is 43.0 Å². The smallest absolute Gasteiger partial charge is 0.409 e. The third-order valence-electron chi connectivity index (χ3n) is 4.17. The maximum Gasteiger partial charge on any atom is 0.409 e. The number of piperidine rings is 1. The van der Waals surface area contributed by atoms with Crippen molar-refractivity contribution in [1.29, 1.82) is 0 Å². The highest BCUT2D eigenvalue weighted by molar-refractivity contribution is 6.33. The number of likely N-dealkylation sites (tertiary alicyclic amines) is 1. The van der Waals surface area contributed by atoms with Crippen molar-refractivity contribution in [3.8, 4) is 0 Å². The van der Waals surface area contributed by atoms with Crippen molar-refractivity contribution in [2.45, 2.75) is 32.6 Å². The molecule has 1 aliphatic rings. The topological polar surface area (TPSA) is 58.6 Å². The van der Waals surface area contributed by atoms with Gasteiger partial charge in [-0.3, -0.25) is 4.79 Å². The molecule has 1 N–H and O–H groups in total. The van der Waals surface area contributed by atoms with Crippen LogP contribution in [0.4, 0.5) is 4.79 Å². The Bertz CT molecular complexity index is 565. The number of amides is 2. The molecule has 0 spiro atoms. The van der Waals surface area contributed by atoms with Gasteiger partial charge in [-0.1, -0.05) is 37.1 Å². The van der Waals surface area contributed by atoms with E-state index in [-0.39, 0.29) is 17.9 Å². The molecule has 1 aliphatic heterocycles. The third kappa shape index (κ3) is 5.41. The van der Waals surface area contributed by atoms with E-state index >= 15 is 0 Å². The molecule has 5 nitrogen and oxygen atoms in total. The lowest BCUT2D eigenvalue weighted by Crippen LogP contribution is -2.44. The molecular weight excluding hydrogens is 328 g/mol. The fourth-order valence-corrected chi connectivity index (χ4v) is 2.99. The van der Waals surface area contributed by atoms with Crippen molar-refractivity contribution in [3.05, 3.63) is 34.9 Å². The molecule has 1 aromatic carbocycles. The largest absolute Gasteiger partial charge is 0.449 e. The fourth-order valence-electron chi connectivity index (χ4n) is 2.77. The van der Waals surface area contributed by atoms with Gasteiger partial charge >= 0.3 is 6.09 Å². The van der Waals surface area contributed by atoms with Crippen LogP contribution in [-0.2, 0) is 4.74 Å². The van der Waals surface area contributed by atoms with E-state index < -0.39 is 0 Å². The van der Waals surface area contributed by atoms with E-state index in [1.54, 1.807) is 29.2 Å². The van der Waals surface area contributed by atoms with Gasteiger partial charge in [0.25, 0.3) is 5.91 Å². The quantitative estimate of drug-likeness (QED) is 0.794. The third-order valence-corrected chi connectivity index (χ3v) is 4.50. The van der Waals surface area contributed by atoms with E-state index in [9.17, 15) is 9.59 Å². The summed E-state index contributed by atoms with van der Waals surface area (Å²) in [6.45, 7) is 4.41. The lowest BCUT2D eigenvalue weighted by atomic mass is 9.98. The predicted molar refractivity (Wildman–Crippen MR) is 94.3 cm³/mol. The lowest BCUT2D eigenvalue weighted by molar-refractivity contribution is 0.0813. The Morgan fingerprint density at radius 2 is 2.17 bits per heavy atom. The molecule has 1 heterocycles. The van der Waals surface area contributed by atoms with Crippen molar-refractivity contribution < 1.29 is 14.3 Å². The van der Waals surface area contributed by atoms with E-state index in [1.807, 2.05) is 0 Å². The SMILES string of the molecule is CCCCOC(=O)N1CCCC(CNC(=O)c2ccccc2Cl)C1. The number of unbranched alkanes of at least 4 members (excludes halogenated alkanes) is 1. The van der Waals surface area contributed by atoms with Crippen LogP contribution >= 0.6 is 11.6 Å². The maximum absolute atomic E-state index is 12.2. The van der Waals surface area contributed by atoms with Gasteiger partial charge in [0.2, 0.25) is 0 Å². The number of hydrogen-bond donors (Lipinski definition) is 1. The molecule has 0 radical (unpaired) electrons. The van der Waals surface area contributed by atoms with Gasteiger partial charge in [-0.15, -0.1) is 0 Å². The van der Waals surface area contributed by atoms with Crippen molar-refractivity contribution >= 4 is 23.6 Å². The van der Waals surface area contributed by atoms with Crippen LogP contribution < -0.4 is 5.32 Å². The molecule has 0 aliphatic carbocycles. The zero-order chi connectivity index (χ0) is 17.4. The molecule has 1 atom stereocenters. The molecule has 0 saturated carbocycles. The van der Waals surface area contributed by atoms with Gasteiger partial charge in [-0.25, -0.2) is 4.79 Å². The van der Waals surface area contributed by atoms with Gasteiger partial charge in [0, 0.05) is 19.6 Å². The first-order valence-corrected chi connectivity index (χ1v) is 8.94. The second-order valence-electron chi connectivity index (χ2n) is 6.11. The number of hydrogen-bond acceptors (Lipinski definition) is 3. The van der Waals surface area contributed by atoms with Crippen LogP contribution in [0, 0.1) is 5.92 Å². The highest BCUT2D eigenvalue weighted by Gasteiger charge is 2.25. The second-order valence-corrected chi connectivity index (χ2v) is 6.52. The Balaban J connectivity index is 1.79. The average Bonchev–Trinajstić information content (AvgIpc) is 2.60. The number of carbonyl (C=O) groups excluding carboxylic acids is 2. The molecule has 0 aromatic heterocycles. The highest BCUT2D eigenvalue weighted by atomic mass is 35.5. The van der Waals surface area contributed by atoms with E-state index in [2.05, 4.69) is 12.2 Å². The second kappa shape index (κ2) is 9.52. The first-order valence-electron chi connectivity index (χ1n) is 8.56. The summed E-state index contributed by atoms with van der Waals surface area (Å²) in [6, 6.07) is 6.98. The minimum absolute atomic E-state index is 0.178. The minimum atomic E-state index is -0.245. The van der Waals surface area contributed by atoms with E-state index in [0.717, 1.165) is 32.2 Å². The summed E-state index contributed by atoms with van der Waals surface area (Å²) in [5.74, 6) is 0.0622. The number of nitrogens with one attached hydrogen (secondary N) is 1. The van der Waals surface area contributed by atoms with Gasteiger partial charge < -0.3 is 15.0 Å². The number of halogens is 1. The van der Waals surface area contributed by atoms with Crippen LogP contribution in [0.15, 0.2) is 24.3 Å². The maximum atomic E-state index is 12.2. The van der Waals surface area contributed by atoms with Crippen molar-refractivity contribution in [2.75, 3.05) is 26.2 Å². The van der Waals surface area contributed by atoms with Crippen molar-refractivity contribution in [2.24, 2.45) is 5.92 Å². The molecule has 24 heavy (non-hydrogen) atoms. The Morgan fingerprint density at radius 3 is 2.92 bits per heavy atom. The molecule has 2 amide bonds. The molecule has 1 fully saturated rings. The minimum Gasteiger partial charge on any atom is -0.449 e. The normalized spacial score (nSPS) is 17.4. The zero-order valence-electron chi connectivity index (χ0n) is 14.1. The summed E-state index contributed by atoms with van der Waals surface area (Å²) in [5, 5.41) is 3.36. The molecule has 1 unspecified atom stereocenters. The van der Waals surface area contributed by atoms with Crippen LogP contribution in [0.3, 0.4) is 0 Å². The van der Waals surface area contributed by atoms with Crippen LogP contribution in [0.25, 0.3) is 0 Å². The molecule has 132 valence electrons. The summed E-state index contributed by atoms with van der Waals surface area (Å²) < 4.78 is 5.26. The summed E-state index contributed by atoms with van der Waals surface area (Å²) in [4.78, 5) is 26.0. The van der Waals surface area contributed by atoms with Gasteiger partial charge in [0.05, 0.1) is 17.2 Å². The van der Waals surface area contributed by atoms with Gasteiger partial charge in [-0.05, 0) is 37.3 Å². The summed E-state index contributed by atoms with van der Waals surface area (Å²) in [5.41, 5.74) is 0.478. The Hall–Kier alpha value is -1.75. The number of ether oxygens (including phenoxy) is 1. The Labute approximate surface area is 148 Å². The first-order chi connectivity index (χ1) is 11.6. The molecule has 0 bridgehead atoms. The monoisotopic (exact) mass is 352 g/mol. The van der Waals surface area contributed by atoms with E-state index in [1.165, 1.54) is 0 Å². The van der Waals surface area contributed by atoms with Crippen molar-refractivity contribution in [1.82, 2.24) is 10.2 Å². The first kappa shape index (κ1) is 18.6. The molecule has 2 rings (SSSR count). The number of nitrogens with zero attached hydrogens (tertiary/aromatic N) is 1. The summed E-state index contributed by atoms with van der Waals surface area (Å²) in [6.07, 6.45) is 3.56. The molecule has 1 aromatic rings. The summed E-state index contributed by atoms with van der Waals surface area (Å²) in [7, 11) is 0. The number of carbonyl (C=O) groups is 2. The van der Waals surface area contributed by atoms with Gasteiger partial charge in [0.15, 0.2) is 0 Å². The molecular formula is C18H25ClN2O3. The fraction of sp³-hybridized carbons (Fsp3) is 0.556. The van der Waals surface area contributed by atoms with Crippen LogP contribution in [0.2, 0.25) is 5.02 Å². The zero-order valence-corrected chi connectivity index (χ0v) is 14.8. The van der Waals surface area contributed by atoms with Crippen molar-refractivity contribution in [3.63, 3.8) is 0 Å². The van der Waals surface area contributed by atoms with E-state index in [4.69, 9.17) is 16.3 Å². The standard InChI is InChI=1S/C18H25ClN2O3/c1-2-3-11-24-18(23)21-10-6-7-14(13-21)12-20-17(22)15-8-4-5-9-16(15)19/h4-5,8-9,14H,2-3,6-7,10-13H2,1H3,(H,20,22). The van der Waals surface area contributed by atoms with Gasteiger partial charge in [-0.2, -0.15) is 0 Å². The average molecular weight is 353 g/mol. The predicted octanol–water partition coefficient (Wildman–Crippen LogP) is 3.72. The van der Waals surface area contributed by atoms with E-state index in [0.29, 0.717) is 30.3 Å². The van der Waals surface area contributed by atoms with Crippen LogP contribution in [0.5, 0.6) is 0 Å². The molecule has 1 saturated heterocycles. The van der Waals surface area contributed by atoms with Gasteiger partial charge in [0.1, 0.15) is 0 Å². The van der Waals surface area contributed by atoms with Crippen LogP contribution in [-0.4, -0.2) is 43.1 Å². The number of rotatable bonds is 6. The Morgan fingerprint density at radius 1 is 1.38 bits per heavy atom. The summed E-state index contributed by atoms with van der Waals surface area (Å²) >= 11 is 6.04. The Kier molecular flexibility index (Phi) is 7.37.